The first kappa shape index (κ1) is 16.6. The van der Waals surface area contributed by atoms with Gasteiger partial charge in [0.25, 0.3) is 0 Å². The van der Waals surface area contributed by atoms with Crippen molar-refractivity contribution in [3.63, 3.8) is 0 Å². The quantitative estimate of drug-likeness (QED) is 0.899. The average Bonchev–Trinajstić information content (AvgIpc) is 2.68. The summed E-state index contributed by atoms with van der Waals surface area (Å²) < 4.78 is 11.9. The van der Waals surface area contributed by atoms with Gasteiger partial charge in [0.2, 0.25) is 0 Å². The second-order valence-corrected chi connectivity index (χ2v) is 6.50. The molecule has 2 atom stereocenters. The standard InChI is InChI=1S/C16H25BrN2O2/c1-19-7-5-4-6-11(10-18)16(19)12-8-14(20-2)15(21-3)9-13(12)17/h8-9,11,16H,4-7,10,18H2,1-3H3. The maximum absolute atomic E-state index is 6.04. The Hall–Kier alpha value is -0.780. The zero-order valence-corrected chi connectivity index (χ0v) is 14.6. The van der Waals surface area contributed by atoms with Gasteiger partial charge in [-0.15, -0.1) is 0 Å². The van der Waals surface area contributed by atoms with Crippen molar-refractivity contribution in [3.05, 3.63) is 22.2 Å². The fourth-order valence-electron chi connectivity index (χ4n) is 3.26. The van der Waals surface area contributed by atoms with E-state index in [-0.39, 0.29) is 0 Å². The van der Waals surface area contributed by atoms with E-state index in [9.17, 15) is 0 Å². The van der Waals surface area contributed by atoms with Gasteiger partial charge in [-0.2, -0.15) is 0 Å². The molecule has 0 spiro atoms. The third-order valence-corrected chi connectivity index (χ3v) is 5.07. The van der Waals surface area contributed by atoms with Gasteiger partial charge in [0.05, 0.1) is 14.2 Å². The van der Waals surface area contributed by atoms with Gasteiger partial charge < -0.3 is 15.2 Å². The number of methoxy groups -OCH3 is 2. The maximum atomic E-state index is 6.04. The number of nitrogens with two attached hydrogens (primary N) is 1. The van der Waals surface area contributed by atoms with Gasteiger partial charge in [-0.25, -0.2) is 0 Å². The lowest BCUT2D eigenvalue weighted by Crippen LogP contribution is -2.33. The highest BCUT2D eigenvalue weighted by Crippen LogP contribution is 2.42. The normalized spacial score (nSPS) is 23.7. The van der Waals surface area contributed by atoms with Crippen LogP contribution in [0.25, 0.3) is 0 Å². The molecule has 0 bridgehead atoms. The van der Waals surface area contributed by atoms with E-state index in [0.29, 0.717) is 18.5 Å². The Kier molecular flexibility index (Phi) is 5.90. The summed E-state index contributed by atoms with van der Waals surface area (Å²) in [5.41, 5.74) is 7.27. The van der Waals surface area contributed by atoms with Crippen LogP contribution in [-0.2, 0) is 0 Å². The monoisotopic (exact) mass is 356 g/mol. The van der Waals surface area contributed by atoms with Crippen LogP contribution in [0, 0.1) is 5.92 Å². The molecule has 2 unspecified atom stereocenters. The number of rotatable bonds is 4. The van der Waals surface area contributed by atoms with Crippen molar-refractivity contribution in [1.82, 2.24) is 4.90 Å². The van der Waals surface area contributed by atoms with Crippen LogP contribution in [0.2, 0.25) is 0 Å². The van der Waals surface area contributed by atoms with E-state index in [2.05, 4.69) is 33.9 Å². The van der Waals surface area contributed by atoms with E-state index < -0.39 is 0 Å². The molecule has 1 aromatic carbocycles. The molecule has 1 saturated heterocycles. The third-order valence-electron chi connectivity index (χ3n) is 4.38. The van der Waals surface area contributed by atoms with E-state index >= 15 is 0 Å². The van der Waals surface area contributed by atoms with Crippen LogP contribution in [0.1, 0.15) is 30.9 Å². The minimum atomic E-state index is 0.312. The fourth-order valence-corrected chi connectivity index (χ4v) is 3.82. The smallest absolute Gasteiger partial charge is 0.161 e. The molecule has 1 aliphatic rings. The molecular weight excluding hydrogens is 332 g/mol. The zero-order chi connectivity index (χ0) is 15.4. The summed E-state index contributed by atoms with van der Waals surface area (Å²) >= 11 is 3.69. The summed E-state index contributed by atoms with van der Waals surface area (Å²) in [6.07, 6.45) is 3.65. The van der Waals surface area contributed by atoms with Gasteiger partial charge in [-0.3, -0.25) is 4.90 Å². The van der Waals surface area contributed by atoms with E-state index in [0.717, 1.165) is 22.5 Å². The summed E-state index contributed by atoms with van der Waals surface area (Å²) in [4.78, 5) is 2.41. The van der Waals surface area contributed by atoms with Gasteiger partial charge in [-0.1, -0.05) is 22.4 Å². The molecule has 2 N–H and O–H groups in total. The van der Waals surface area contributed by atoms with Gasteiger partial charge in [0, 0.05) is 10.5 Å². The number of halogens is 1. The van der Waals surface area contributed by atoms with Crippen molar-refractivity contribution in [2.45, 2.75) is 25.3 Å². The van der Waals surface area contributed by atoms with Crippen molar-refractivity contribution in [3.8, 4) is 11.5 Å². The van der Waals surface area contributed by atoms with Crippen molar-refractivity contribution < 1.29 is 9.47 Å². The highest BCUT2D eigenvalue weighted by Gasteiger charge is 2.30. The molecule has 2 rings (SSSR count). The zero-order valence-electron chi connectivity index (χ0n) is 13.1. The molecule has 1 aromatic rings. The molecule has 0 radical (unpaired) electrons. The predicted molar refractivity (Wildman–Crippen MR) is 89.0 cm³/mol. The fraction of sp³-hybridized carbons (Fsp3) is 0.625. The van der Waals surface area contributed by atoms with Crippen LogP contribution >= 0.6 is 15.9 Å². The van der Waals surface area contributed by atoms with Crippen molar-refractivity contribution in [2.75, 3.05) is 34.4 Å². The Morgan fingerprint density at radius 3 is 2.52 bits per heavy atom. The van der Waals surface area contributed by atoms with Crippen LogP contribution in [0.4, 0.5) is 0 Å². The van der Waals surface area contributed by atoms with Gasteiger partial charge in [0.15, 0.2) is 11.5 Å². The first-order chi connectivity index (χ1) is 10.1. The summed E-state index contributed by atoms with van der Waals surface area (Å²) in [7, 11) is 5.51. The second-order valence-electron chi connectivity index (χ2n) is 5.65. The molecule has 21 heavy (non-hydrogen) atoms. The molecule has 0 amide bonds. The Morgan fingerprint density at radius 1 is 1.24 bits per heavy atom. The van der Waals surface area contributed by atoms with Crippen molar-refractivity contribution in [2.24, 2.45) is 11.7 Å². The van der Waals surface area contributed by atoms with Crippen molar-refractivity contribution in [1.29, 1.82) is 0 Å². The van der Waals surface area contributed by atoms with Crippen LogP contribution in [0.5, 0.6) is 11.5 Å². The molecule has 0 aliphatic carbocycles. The largest absolute Gasteiger partial charge is 0.493 e. The SMILES string of the molecule is COc1cc(Br)c(C2C(CN)CCCCN2C)cc1OC. The first-order valence-corrected chi connectivity index (χ1v) is 8.23. The Bertz CT molecular complexity index is 482. The second kappa shape index (κ2) is 7.47. The molecule has 5 heteroatoms. The van der Waals surface area contributed by atoms with Crippen LogP contribution in [-0.4, -0.2) is 39.3 Å². The molecule has 0 aromatic heterocycles. The minimum absolute atomic E-state index is 0.312. The Morgan fingerprint density at radius 2 is 1.90 bits per heavy atom. The van der Waals surface area contributed by atoms with Gasteiger partial charge >= 0.3 is 0 Å². The molecule has 0 saturated carbocycles. The summed E-state index contributed by atoms with van der Waals surface area (Å²) in [6, 6.07) is 4.38. The van der Waals surface area contributed by atoms with E-state index in [1.807, 2.05) is 6.07 Å². The Balaban J connectivity index is 2.46. The van der Waals surface area contributed by atoms with E-state index in [4.69, 9.17) is 15.2 Å². The lowest BCUT2D eigenvalue weighted by Gasteiger charge is -2.33. The van der Waals surface area contributed by atoms with Gasteiger partial charge in [-0.05, 0) is 56.6 Å². The summed E-state index contributed by atoms with van der Waals surface area (Å²) in [6.45, 7) is 1.80. The lowest BCUT2D eigenvalue weighted by molar-refractivity contribution is 0.194. The van der Waals surface area contributed by atoms with Crippen LogP contribution in [0.3, 0.4) is 0 Å². The first-order valence-electron chi connectivity index (χ1n) is 7.44. The third kappa shape index (κ3) is 3.52. The number of hydrogen-bond donors (Lipinski definition) is 1. The van der Waals surface area contributed by atoms with Crippen molar-refractivity contribution >= 4 is 15.9 Å². The number of likely N-dealkylation sites (tertiary alicyclic amines) is 1. The minimum Gasteiger partial charge on any atom is -0.493 e. The molecule has 118 valence electrons. The lowest BCUT2D eigenvalue weighted by atomic mass is 9.89. The molecule has 1 heterocycles. The predicted octanol–water partition coefficient (Wildman–Crippen LogP) is 3.20. The van der Waals surface area contributed by atoms with Crippen LogP contribution < -0.4 is 15.2 Å². The topological polar surface area (TPSA) is 47.7 Å². The maximum Gasteiger partial charge on any atom is 0.161 e. The molecule has 4 nitrogen and oxygen atoms in total. The summed E-state index contributed by atoms with van der Waals surface area (Å²) in [5.74, 6) is 1.98. The number of benzene rings is 1. The van der Waals surface area contributed by atoms with E-state index in [1.54, 1.807) is 14.2 Å². The van der Waals surface area contributed by atoms with Crippen LogP contribution in [0.15, 0.2) is 16.6 Å². The molecule has 1 aliphatic heterocycles. The van der Waals surface area contributed by atoms with Gasteiger partial charge in [0.1, 0.15) is 0 Å². The highest BCUT2D eigenvalue weighted by atomic mass is 79.9. The number of hydrogen-bond acceptors (Lipinski definition) is 4. The molecular formula is C16H25BrN2O2. The average molecular weight is 357 g/mol. The number of nitrogens with zero attached hydrogens (tertiary/aromatic N) is 1. The Labute approximate surface area is 135 Å². The highest BCUT2D eigenvalue weighted by molar-refractivity contribution is 9.10. The van der Waals surface area contributed by atoms with E-state index in [1.165, 1.54) is 24.8 Å². The molecule has 1 fully saturated rings. The summed E-state index contributed by atoms with van der Waals surface area (Å²) in [5, 5.41) is 0. The number of ether oxygens (including phenoxy) is 2.